The summed E-state index contributed by atoms with van der Waals surface area (Å²) < 4.78 is 4.91. The van der Waals surface area contributed by atoms with Gasteiger partial charge in [0.25, 0.3) is 0 Å². The van der Waals surface area contributed by atoms with Crippen molar-refractivity contribution in [1.82, 2.24) is 10.2 Å². The van der Waals surface area contributed by atoms with Crippen molar-refractivity contribution < 1.29 is 14.3 Å². The van der Waals surface area contributed by atoms with Crippen molar-refractivity contribution >= 4 is 46.8 Å². The van der Waals surface area contributed by atoms with Gasteiger partial charge < -0.3 is 15.0 Å². The first-order chi connectivity index (χ1) is 11.0. The number of benzene rings is 1. The number of nitrogens with zero attached hydrogens (tertiary/aromatic N) is 1. The topological polar surface area (TPSA) is 58.6 Å². The number of hydrogen-bond donors (Lipinski definition) is 1. The summed E-state index contributed by atoms with van der Waals surface area (Å²) in [6.45, 7) is 2.56. The van der Waals surface area contributed by atoms with Crippen molar-refractivity contribution in [3.63, 3.8) is 0 Å². The highest BCUT2D eigenvalue weighted by molar-refractivity contribution is 8.00. The van der Waals surface area contributed by atoms with Gasteiger partial charge in [0.1, 0.15) is 11.4 Å². The largest absolute Gasteiger partial charge is 0.383 e. The van der Waals surface area contributed by atoms with E-state index in [4.69, 9.17) is 27.9 Å². The summed E-state index contributed by atoms with van der Waals surface area (Å²) in [5.74, 6) is 0.0593. The third-order valence-corrected chi connectivity index (χ3v) is 5.50. The Morgan fingerprint density at radius 1 is 1.48 bits per heavy atom. The maximum Gasteiger partial charge on any atom is 0.242 e. The number of ether oxygens (including phenoxy) is 1. The van der Waals surface area contributed by atoms with Crippen LogP contribution in [-0.2, 0) is 14.3 Å². The van der Waals surface area contributed by atoms with Crippen LogP contribution in [0.25, 0.3) is 0 Å². The van der Waals surface area contributed by atoms with Crippen molar-refractivity contribution in [2.75, 3.05) is 26.0 Å². The van der Waals surface area contributed by atoms with E-state index in [1.165, 1.54) is 11.8 Å². The fourth-order valence-corrected chi connectivity index (χ4v) is 3.88. The maximum atomic E-state index is 12.2. The molecule has 126 valence electrons. The summed E-state index contributed by atoms with van der Waals surface area (Å²) in [5, 5.41) is 3.40. The summed E-state index contributed by atoms with van der Waals surface area (Å²) in [7, 11) is 1.57. The van der Waals surface area contributed by atoms with Gasteiger partial charge in [0.05, 0.1) is 22.4 Å². The number of halogens is 2. The number of rotatable bonds is 6. The quantitative estimate of drug-likeness (QED) is 0.775. The SMILES string of the molecule is COCCNC(=O)[C@H](C)N1C(=O)CS[C@H]1c1ccc(Cl)c(Cl)c1. The van der Waals surface area contributed by atoms with Crippen LogP contribution in [0.15, 0.2) is 18.2 Å². The van der Waals surface area contributed by atoms with Crippen LogP contribution in [0.1, 0.15) is 17.9 Å². The molecular formula is C15H18Cl2N2O3S. The number of carbonyl (C=O) groups is 2. The minimum absolute atomic E-state index is 0.0690. The number of amides is 2. The van der Waals surface area contributed by atoms with Gasteiger partial charge in [-0.25, -0.2) is 0 Å². The van der Waals surface area contributed by atoms with Gasteiger partial charge in [-0.3, -0.25) is 9.59 Å². The van der Waals surface area contributed by atoms with Crippen molar-refractivity contribution in [2.24, 2.45) is 0 Å². The lowest BCUT2D eigenvalue weighted by atomic mass is 10.1. The molecule has 2 atom stereocenters. The van der Waals surface area contributed by atoms with E-state index in [2.05, 4.69) is 5.32 Å². The molecule has 2 rings (SSSR count). The molecule has 0 bridgehead atoms. The maximum absolute atomic E-state index is 12.2. The molecule has 0 aliphatic carbocycles. The second-order valence-electron chi connectivity index (χ2n) is 5.10. The molecule has 1 N–H and O–H groups in total. The molecule has 1 heterocycles. The van der Waals surface area contributed by atoms with Crippen LogP contribution < -0.4 is 5.32 Å². The molecule has 0 unspecified atom stereocenters. The van der Waals surface area contributed by atoms with Crippen molar-refractivity contribution in [3.05, 3.63) is 33.8 Å². The first-order valence-electron chi connectivity index (χ1n) is 7.10. The number of carbonyl (C=O) groups excluding carboxylic acids is 2. The minimum atomic E-state index is -0.575. The third-order valence-electron chi connectivity index (χ3n) is 3.54. The van der Waals surface area contributed by atoms with E-state index >= 15 is 0 Å². The van der Waals surface area contributed by atoms with Crippen LogP contribution in [0.4, 0.5) is 0 Å². The number of nitrogens with one attached hydrogen (secondary N) is 1. The highest BCUT2D eigenvalue weighted by atomic mass is 35.5. The van der Waals surface area contributed by atoms with Crippen LogP contribution in [0.5, 0.6) is 0 Å². The van der Waals surface area contributed by atoms with E-state index in [1.54, 1.807) is 31.1 Å². The predicted molar refractivity (Wildman–Crippen MR) is 92.9 cm³/mol. The predicted octanol–water partition coefficient (Wildman–Crippen LogP) is 2.72. The Labute approximate surface area is 149 Å². The summed E-state index contributed by atoms with van der Waals surface area (Å²) in [5.41, 5.74) is 0.854. The average Bonchev–Trinajstić information content (AvgIpc) is 2.91. The lowest BCUT2D eigenvalue weighted by Gasteiger charge is -2.29. The summed E-state index contributed by atoms with van der Waals surface area (Å²) >= 11 is 13.5. The van der Waals surface area contributed by atoms with E-state index in [0.717, 1.165) is 5.56 Å². The minimum Gasteiger partial charge on any atom is -0.383 e. The summed E-state index contributed by atoms with van der Waals surface area (Å²) in [4.78, 5) is 26.0. The molecule has 0 spiro atoms. The Hall–Kier alpha value is -0.950. The van der Waals surface area contributed by atoms with Crippen molar-refractivity contribution in [1.29, 1.82) is 0 Å². The normalized spacial score (nSPS) is 19.0. The lowest BCUT2D eigenvalue weighted by molar-refractivity contribution is -0.137. The van der Waals surface area contributed by atoms with E-state index < -0.39 is 6.04 Å². The zero-order valence-electron chi connectivity index (χ0n) is 12.8. The van der Waals surface area contributed by atoms with Gasteiger partial charge in [-0.1, -0.05) is 29.3 Å². The van der Waals surface area contributed by atoms with Crippen LogP contribution in [0.2, 0.25) is 10.0 Å². The monoisotopic (exact) mass is 376 g/mol. The molecule has 1 fully saturated rings. The van der Waals surface area contributed by atoms with E-state index in [-0.39, 0.29) is 17.2 Å². The van der Waals surface area contributed by atoms with Gasteiger partial charge in [-0.15, -0.1) is 11.8 Å². The van der Waals surface area contributed by atoms with Gasteiger partial charge >= 0.3 is 0 Å². The van der Waals surface area contributed by atoms with Crippen LogP contribution >= 0.6 is 35.0 Å². The van der Waals surface area contributed by atoms with E-state index in [1.807, 2.05) is 6.07 Å². The molecular weight excluding hydrogens is 359 g/mol. The molecule has 5 nitrogen and oxygen atoms in total. The number of thioether (sulfide) groups is 1. The fraction of sp³-hybridized carbons (Fsp3) is 0.467. The second-order valence-corrected chi connectivity index (χ2v) is 6.98. The molecule has 0 aromatic heterocycles. The molecule has 23 heavy (non-hydrogen) atoms. The Morgan fingerprint density at radius 2 is 2.22 bits per heavy atom. The van der Waals surface area contributed by atoms with E-state index in [9.17, 15) is 9.59 Å². The van der Waals surface area contributed by atoms with Gasteiger partial charge in [0.15, 0.2) is 0 Å². The molecule has 1 aromatic carbocycles. The number of hydrogen-bond acceptors (Lipinski definition) is 4. The lowest BCUT2D eigenvalue weighted by Crippen LogP contribution is -2.47. The Bertz CT molecular complexity index is 600. The zero-order chi connectivity index (χ0) is 17.0. The van der Waals surface area contributed by atoms with Gasteiger partial charge in [0, 0.05) is 13.7 Å². The van der Waals surface area contributed by atoms with Gasteiger partial charge in [0.2, 0.25) is 11.8 Å². The smallest absolute Gasteiger partial charge is 0.242 e. The van der Waals surface area contributed by atoms with Gasteiger partial charge in [-0.2, -0.15) is 0 Å². The molecule has 1 aromatic rings. The molecule has 1 aliphatic heterocycles. The third kappa shape index (κ3) is 4.32. The molecule has 0 radical (unpaired) electrons. The number of methoxy groups -OCH3 is 1. The molecule has 8 heteroatoms. The first-order valence-corrected chi connectivity index (χ1v) is 8.90. The molecule has 2 amide bonds. The Morgan fingerprint density at radius 3 is 2.87 bits per heavy atom. The van der Waals surface area contributed by atoms with Crippen LogP contribution in [0, 0.1) is 0 Å². The summed E-state index contributed by atoms with van der Waals surface area (Å²) in [6, 6.07) is 4.69. The van der Waals surface area contributed by atoms with Crippen molar-refractivity contribution in [2.45, 2.75) is 18.3 Å². The fourth-order valence-electron chi connectivity index (χ4n) is 2.33. The summed E-state index contributed by atoms with van der Waals surface area (Å²) in [6.07, 6.45) is 0. The molecule has 1 aliphatic rings. The highest BCUT2D eigenvalue weighted by Gasteiger charge is 2.38. The van der Waals surface area contributed by atoms with E-state index in [0.29, 0.717) is 28.9 Å². The van der Waals surface area contributed by atoms with Crippen LogP contribution in [-0.4, -0.2) is 48.8 Å². The van der Waals surface area contributed by atoms with Crippen molar-refractivity contribution in [3.8, 4) is 0 Å². The Balaban J connectivity index is 2.15. The Kier molecular flexibility index (Phi) is 6.59. The van der Waals surface area contributed by atoms with Crippen LogP contribution in [0.3, 0.4) is 0 Å². The highest BCUT2D eigenvalue weighted by Crippen LogP contribution is 2.41. The van der Waals surface area contributed by atoms with Gasteiger partial charge in [-0.05, 0) is 24.6 Å². The molecule has 1 saturated heterocycles. The standard InChI is InChI=1S/C15H18Cl2N2O3S/c1-9(14(21)18-5-6-22-2)19-13(20)8-23-15(19)10-3-4-11(16)12(17)7-10/h3-4,7,9,15H,5-6,8H2,1-2H3,(H,18,21)/t9-,15-/m0/s1. The zero-order valence-corrected chi connectivity index (χ0v) is 15.2. The average molecular weight is 377 g/mol. The first kappa shape index (κ1) is 18.4. The molecule has 0 saturated carbocycles. The second kappa shape index (κ2) is 8.24.